The molecule has 0 aliphatic carbocycles. The molecule has 1 aromatic heterocycles. The summed E-state index contributed by atoms with van der Waals surface area (Å²) in [5.41, 5.74) is -0.235. The van der Waals surface area contributed by atoms with Crippen LogP contribution in [0.5, 0.6) is 0 Å². The SMILES string of the molecule is O=C(c1ccccc1)N1CCN(c2cc(C(F)(F)F)cc(Cl)n2)CC1. The van der Waals surface area contributed by atoms with Gasteiger partial charge < -0.3 is 9.80 Å². The Morgan fingerprint density at radius 1 is 1.04 bits per heavy atom. The van der Waals surface area contributed by atoms with Crippen LogP contribution in [0.1, 0.15) is 15.9 Å². The van der Waals surface area contributed by atoms with Gasteiger partial charge in [0.05, 0.1) is 5.56 Å². The van der Waals surface area contributed by atoms with Gasteiger partial charge in [0, 0.05) is 31.7 Å². The van der Waals surface area contributed by atoms with Gasteiger partial charge in [0.15, 0.2) is 0 Å². The van der Waals surface area contributed by atoms with Gasteiger partial charge in [0.1, 0.15) is 11.0 Å². The zero-order chi connectivity index (χ0) is 18.0. The van der Waals surface area contributed by atoms with E-state index in [1.54, 1.807) is 34.1 Å². The number of alkyl halides is 3. The van der Waals surface area contributed by atoms with E-state index in [1.165, 1.54) is 0 Å². The van der Waals surface area contributed by atoms with Crippen molar-refractivity contribution < 1.29 is 18.0 Å². The highest BCUT2D eigenvalue weighted by Gasteiger charge is 2.32. The largest absolute Gasteiger partial charge is 0.416 e. The molecule has 8 heteroatoms. The number of pyridine rings is 1. The van der Waals surface area contributed by atoms with Crippen LogP contribution < -0.4 is 4.90 Å². The van der Waals surface area contributed by atoms with Crippen LogP contribution in [0.4, 0.5) is 19.0 Å². The number of nitrogens with zero attached hydrogens (tertiary/aromatic N) is 3. The fourth-order valence-electron chi connectivity index (χ4n) is 2.71. The maximum absolute atomic E-state index is 12.9. The Hall–Kier alpha value is -2.28. The monoisotopic (exact) mass is 369 g/mol. The van der Waals surface area contributed by atoms with Crippen LogP contribution in [0.15, 0.2) is 42.5 Å². The number of carbonyl (C=O) groups is 1. The summed E-state index contributed by atoms with van der Waals surface area (Å²) in [5, 5.41) is -0.201. The molecule has 1 amide bonds. The minimum absolute atomic E-state index is 0.0877. The molecule has 0 bridgehead atoms. The molecule has 2 aromatic rings. The highest BCUT2D eigenvalue weighted by molar-refractivity contribution is 6.29. The van der Waals surface area contributed by atoms with Gasteiger partial charge in [-0.05, 0) is 24.3 Å². The average Bonchev–Trinajstić information content (AvgIpc) is 2.61. The summed E-state index contributed by atoms with van der Waals surface area (Å²) in [5.74, 6) is 0.0851. The Morgan fingerprint density at radius 3 is 2.28 bits per heavy atom. The molecular formula is C17H15ClF3N3O. The van der Waals surface area contributed by atoms with Crippen molar-refractivity contribution in [3.63, 3.8) is 0 Å². The molecule has 2 heterocycles. The van der Waals surface area contributed by atoms with Crippen LogP contribution in [-0.2, 0) is 6.18 Å². The van der Waals surface area contributed by atoms with Gasteiger partial charge in [-0.15, -0.1) is 0 Å². The number of aromatic nitrogens is 1. The van der Waals surface area contributed by atoms with Crippen LogP contribution >= 0.6 is 11.6 Å². The molecule has 0 atom stereocenters. The molecule has 1 aliphatic rings. The number of piperazine rings is 1. The summed E-state index contributed by atoms with van der Waals surface area (Å²) in [6, 6.07) is 10.7. The zero-order valence-corrected chi connectivity index (χ0v) is 13.9. The number of carbonyl (C=O) groups excluding carboxylic acids is 1. The molecule has 0 N–H and O–H groups in total. The van der Waals surface area contributed by atoms with E-state index in [9.17, 15) is 18.0 Å². The first-order chi connectivity index (χ1) is 11.8. The number of hydrogen-bond donors (Lipinski definition) is 0. The normalized spacial score (nSPS) is 15.4. The Balaban J connectivity index is 1.70. The summed E-state index contributed by atoms with van der Waals surface area (Å²) in [7, 11) is 0. The molecule has 0 unspecified atom stereocenters. The van der Waals surface area contributed by atoms with E-state index in [0.29, 0.717) is 31.7 Å². The molecule has 4 nitrogen and oxygen atoms in total. The maximum Gasteiger partial charge on any atom is 0.416 e. The molecule has 1 fully saturated rings. The maximum atomic E-state index is 12.9. The lowest BCUT2D eigenvalue weighted by Gasteiger charge is -2.35. The Bertz CT molecular complexity index is 759. The number of anilines is 1. The second-order valence-corrected chi connectivity index (χ2v) is 6.07. The second-order valence-electron chi connectivity index (χ2n) is 5.68. The van der Waals surface area contributed by atoms with Crippen molar-refractivity contribution in [1.29, 1.82) is 0 Å². The third-order valence-corrected chi connectivity index (χ3v) is 4.21. The van der Waals surface area contributed by atoms with Gasteiger partial charge in [0.25, 0.3) is 5.91 Å². The minimum Gasteiger partial charge on any atom is -0.353 e. The van der Waals surface area contributed by atoms with Crippen LogP contribution in [0.2, 0.25) is 5.15 Å². The van der Waals surface area contributed by atoms with Gasteiger partial charge >= 0.3 is 6.18 Å². The van der Waals surface area contributed by atoms with Crippen LogP contribution in [0.25, 0.3) is 0 Å². The highest BCUT2D eigenvalue weighted by atomic mass is 35.5. The number of rotatable bonds is 2. The first kappa shape index (κ1) is 17.5. The predicted molar refractivity (Wildman–Crippen MR) is 88.8 cm³/mol. The van der Waals surface area contributed by atoms with Crippen molar-refractivity contribution >= 4 is 23.3 Å². The Kier molecular flexibility index (Phi) is 4.85. The van der Waals surface area contributed by atoms with Gasteiger partial charge in [-0.2, -0.15) is 13.2 Å². The molecular weight excluding hydrogens is 355 g/mol. The Labute approximate surface area is 147 Å². The number of benzene rings is 1. The first-order valence-corrected chi connectivity index (χ1v) is 8.06. The van der Waals surface area contributed by atoms with Crippen molar-refractivity contribution in [3.05, 3.63) is 58.7 Å². The van der Waals surface area contributed by atoms with Crippen LogP contribution in [-0.4, -0.2) is 42.0 Å². The van der Waals surface area contributed by atoms with Crippen molar-refractivity contribution in [3.8, 4) is 0 Å². The standard InChI is InChI=1S/C17H15ClF3N3O/c18-14-10-13(17(19,20)21)11-15(22-14)23-6-8-24(9-7-23)16(25)12-4-2-1-3-5-12/h1-5,10-11H,6-9H2. The van der Waals surface area contributed by atoms with Gasteiger partial charge in [-0.1, -0.05) is 29.8 Å². The highest BCUT2D eigenvalue weighted by Crippen LogP contribution is 2.33. The van der Waals surface area contributed by atoms with E-state index in [4.69, 9.17) is 11.6 Å². The third kappa shape index (κ3) is 4.04. The number of hydrogen-bond acceptors (Lipinski definition) is 3. The minimum atomic E-state index is -4.48. The lowest BCUT2D eigenvalue weighted by Crippen LogP contribution is -2.49. The van der Waals surface area contributed by atoms with Crippen molar-refractivity contribution in [1.82, 2.24) is 9.88 Å². The molecule has 0 spiro atoms. The molecule has 0 saturated carbocycles. The zero-order valence-electron chi connectivity index (χ0n) is 13.1. The summed E-state index contributed by atoms with van der Waals surface area (Å²) < 4.78 is 38.7. The Morgan fingerprint density at radius 2 is 1.68 bits per heavy atom. The predicted octanol–water partition coefficient (Wildman–Crippen LogP) is 3.72. The molecule has 25 heavy (non-hydrogen) atoms. The second kappa shape index (κ2) is 6.92. The van der Waals surface area contributed by atoms with E-state index >= 15 is 0 Å². The topological polar surface area (TPSA) is 36.4 Å². The van der Waals surface area contributed by atoms with Gasteiger partial charge in [0.2, 0.25) is 0 Å². The first-order valence-electron chi connectivity index (χ1n) is 7.68. The smallest absolute Gasteiger partial charge is 0.353 e. The van der Waals surface area contributed by atoms with E-state index in [1.807, 2.05) is 6.07 Å². The molecule has 1 saturated heterocycles. The van der Waals surface area contributed by atoms with Gasteiger partial charge in [-0.3, -0.25) is 4.79 Å². The van der Waals surface area contributed by atoms with Crippen molar-refractivity contribution in [2.75, 3.05) is 31.1 Å². The summed E-state index contributed by atoms with van der Waals surface area (Å²) in [6.45, 7) is 1.60. The van der Waals surface area contributed by atoms with E-state index in [-0.39, 0.29) is 16.9 Å². The number of amides is 1. The average molecular weight is 370 g/mol. The fraction of sp³-hybridized carbons (Fsp3) is 0.294. The molecule has 0 radical (unpaired) electrons. The van der Waals surface area contributed by atoms with Crippen LogP contribution in [0.3, 0.4) is 0 Å². The van der Waals surface area contributed by atoms with Gasteiger partial charge in [-0.25, -0.2) is 4.98 Å². The van der Waals surface area contributed by atoms with Crippen LogP contribution in [0, 0.1) is 0 Å². The molecule has 3 rings (SSSR count). The van der Waals surface area contributed by atoms with Crippen molar-refractivity contribution in [2.45, 2.75) is 6.18 Å². The van der Waals surface area contributed by atoms with E-state index in [0.717, 1.165) is 12.1 Å². The van der Waals surface area contributed by atoms with E-state index < -0.39 is 11.7 Å². The van der Waals surface area contributed by atoms with E-state index in [2.05, 4.69) is 4.98 Å². The summed E-state index contributed by atoms with van der Waals surface area (Å²) in [6.07, 6.45) is -4.48. The summed E-state index contributed by atoms with van der Waals surface area (Å²) >= 11 is 5.73. The quantitative estimate of drug-likeness (QED) is 0.757. The molecule has 1 aliphatic heterocycles. The lowest BCUT2D eigenvalue weighted by molar-refractivity contribution is -0.137. The molecule has 132 valence electrons. The molecule has 1 aromatic carbocycles. The number of halogens is 4. The lowest BCUT2D eigenvalue weighted by atomic mass is 10.2. The third-order valence-electron chi connectivity index (χ3n) is 4.02. The van der Waals surface area contributed by atoms with Crippen molar-refractivity contribution in [2.24, 2.45) is 0 Å². The fourth-order valence-corrected chi connectivity index (χ4v) is 2.91. The summed E-state index contributed by atoms with van der Waals surface area (Å²) in [4.78, 5) is 19.8.